The number of amides is 1. The van der Waals surface area contributed by atoms with Gasteiger partial charge in [-0.1, -0.05) is 26.0 Å². The SMILES string of the molecule is Cc1cc2oc3c(c(=O)c2cc1C)C(c1cccc(OCCC(C)C)c1)N(C)C3=O. The number of hydrogen-bond acceptors (Lipinski definition) is 4. The molecule has 0 N–H and O–H groups in total. The van der Waals surface area contributed by atoms with Crippen molar-refractivity contribution in [1.82, 2.24) is 4.90 Å². The van der Waals surface area contributed by atoms with Crippen LogP contribution in [0.5, 0.6) is 5.75 Å². The van der Waals surface area contributed by atoms with Crippen LogP contribution in [0.3, 0.4) is 0 Å². The van der Waals surface area contributed by atoms with Crippen molar-refractivity contribution in [2.45, 2.75) is 40.2 Å². The molecule has 2 aromatic carbocycles. The fourth-order valence-electron chi connectivity index (χ4n) is 3.92. The zero-order valence-electron chi connectivity index (χ0n) is 18.1. The van der Waals surface area contributed by atoms with Crippen LogP contribution in [0, 0.1) is 19.8 Å². The van der Waals surface area contributed by atoms with Crippen LogP contribution in [0.15, 0.2) is 45.6 Å². The van der Waals surface area contributed by atoms with Gasteiger partial charge in [0.25, 0.3) is 5.91 Å². The predicted octanol–water partition coefficient (Wildman–Crippen LogP) is 5.01. The first kappa shape index (κ1) is 20.2. The average molecular weight is 405 g/mol. The highest BCUT2D eigenvalue weighted by Gasteiger charge is 2.40. The molecular weight excluding hydrogens is 378 g/mol. The summed E-state index contributed by atoms with van der Waals surface area (Å²) in [6.07, 6.45) is 0.962. The summed E-state index contributed by atoms with van der Waals surface area (Å²) in [4.78, 5) is 27.9. The highest BCUT2D eigenvalue weighted by molar-refractivity contribution is 5.99. The third kappa shape index (κ3) is 3.38. The number of hydrogen-bond donors (Lipinski definition) is 0. The predicted molar refractivity (Wildman–Crippen MR) is 117 cm³/mol. The van der Waals surface area contributed by atoms with Crippen molar-refractivity contribution in [2.24, 2.45) is 5.92 Å². The van der Waals surface area contributed by atoms with E-state index >= 15 is 0 Å². The molecule has 1 atom stereocenters. The third-order valence-electron chi connectivity index (χ3n) is 5.85. The van der Waals surface area contributed by atoms with E-state index in [1.165, 1.54) is 0 Å². The van der Waals surface area contributed by atoms with Crippen molar-refractivity contribution in [1.29, 1.82) is 0 Å². The molecule has 0 aliphatic carbocycles. The van der Waals surface area contributed by atoms with Crippen LogP contribution in [0.1, 0.15) is 59.1 Å². The van der Waals surface area contributed by atoms with Gasteiger partial charge in [-0.3, -0.25) is 9.59 Å². The molecule has 1 aliphatic heterocycles. The minimum atomic E-state index is -0.497. The van der Waals surface area contributed by atoms with Gasteiger partial charge >= 0.3 is 0 Å². The Hall–Kier alpha value is -3.08. The van der Waals surface area contributed by atoms with E-state index in [4.69, 9.17) is 9.15 Å². The Balaban J connectivity index is 1.81. The molecule has 156 valence electrons. The molecule has 0 saturated carbocycles. The fourth-order valence-corrected chi connectivity index (χ4v) is 3.92. The first-order valence-electron chi connectivity index (χ1n) is 10.4. The summed E-state index contributed by atoms with van der Waals surface area (Å²) in [6.45, 7) is 8.87. The van der Waals surface area contributed by atoms with Gasteiger partial charge in [-0.15, -0.1) is 0 Å². The molecule has 1 aromatic heterocycles. The number of fused-ring (bicyclic) bond motifs is 2. The average Bonchev–Trinajstić information content (AvgIpc) is 2.95. The number of aryl methyl sites for hydroxylation is 2. The van der Waals surface area contributed by atoms with Gasteiger partial charge in [0.2, 0.25) is 5.76 Å². The Bertz CT molecular complexity index is 1190. The van der Waals surface area contributed by atoms with Crippen LogP contribution < -0.4 is 10.2 Å². The maximum atomic E-state index is 13.4. The molecule has 0 radical (unpaired) electrons. The van der Waals surface area contributed by atoms with E-state index in [2.05, 4.69) is 13.8 Å². The minimum Gasteiger partial charge on any atom is -0.494 e. The van der Waals surface area contributed by atoms with Crippen LogP contribution in [-0.2, 0) is 0 Å². The monoisotopic (exact) mass is 405 g/mol. The number of carbonyl (C=O) groups excluding carboxylic acids is 1. The molecule has 2 heterocycles. The summed E-state index contributed by atoms with van der Waals surface area (Å²) in [7, 11) is 1.70. The topological polar surface area (TPSA) is 59.8 Å². The van der Waals surface area contributed by atoms with Gasteiger partial charge in [-0.05, 0) is 67.1 Å². The van der Waals surface area contributed by atoms with Crippen LogP contribution >= 0.6 is 0 Å². The molecule has 1 amide bonds. The van der Waals surface area contributed by atoms with E-state index in [0.29, 0.717) is 29.1 Å². The summed E-state index contributed by atoms with van der Waals surface area (Å²) < 4.78 is 11.8. The highest BCUT2D eigenvalue weighted by atomic mass is 16.5. The highest BCUT2D eigenvalue weighted by Crippen LogP contribution is 2.38. The standard InChI is InChI=1S/C25H27NO4/c1-14(2)9-10-29-18-8-6-7-17(13-18)22-21-23(27)19-11-15(3)16(4)12-20(19)30-24(21)25(28)26(22)5/h6-8,11-14,22H,9-10H2,1-5H3. The van der Waals surface area contributed by atoms with Gasteiger partial charge in [-0.2, -0.15) is 0 Å². The second-order valence-electron chi connectivity index (χ2n) is 8.53. The number of nitrogens with zero attached hydrogens (tertiary/aromatic N) is 1. The van der Waals surface area contributed by atoms with Crippen molar-refractivity contribution in [3.05, 3.63) is 74.6 Å². The van der Waals surface area contributed by atoms with Crippen LogP contribution in [0.4, 0.5) is 0 Å². The van der Waals surface area contributed by atoms with Crippen molar-refractivity contribution in [3.63, 3.8) is 0 Å². The summed E-state index contributed by atoms with van der Waals surface area (Å²) in [5.74, 6) is 1.15. The maximum absolute atomic E-state index is 13.4. The van der Waals surface area contributed by atoms with Gasteiger partial charge in [0.05, 0.1) is 23.6 Å². The second kappa shape index (κ2) is 7.63. The maximum Gasteiger partial charge on any atom is 0.290 e. The Morgan fingerprint density at radius 3 is 2.57 bits per heavy atom. The van der Waals surface area contributed by atoms with Gasteiger partial charge in [-0.25, -0.2) is 0 Å². The van der Waals surface area contributed by atoms with E-state index < -0.39 is 6.04 Å². The molecule has 1 unspecified atom stereocenters. The van der Waals surface area contributed by atoms with E-state index in [1.807, 2.05) is 50.2 Å². The van der Waals surface area contributed by atoms with Crippen LogP contribution in [-0.4, -0.2) is 24.5 Å². The molecule has 4 rings (SSSR count). The summed E-state index contributed by atoms with van der Waals surface area (Å²) >= 11 is 0. The number of carbonyl (C=O) groups is 1. The smallest absolute Gasteiger partial charge is 0.290 e. The van der Waals surface area contributed by atoms with Crippen molar-refractivity contribution < 1.29 is 13.9 Å². The molecular formula is C25H27NO4. The number of rotatable bonds is 5. The van der Waals surface area contributed by atoms with Crippen LogP contribution in [0.25, 0.3) is 11.0 Å². The molecule has 0 fully saturated rings. The fraction of sp³-hybridized carbons (Fsp3) is 0.360. The first-order chi connectivity index (χ1) is 14.3. The summed E-state index contributed by atoms with van der Waals surface area (Å²) in [5, 5.41) is 0.509. The second-order valence-corrected chi connectivity index (χ2v) is 8.53. The van der Waals surface area contributed by atoms with Gasteiger partial charge < -0.3 is 14.1 Å². The van der Waals surface area contributed by atoms with Gasteiger partial charge in [0.1, 0.15) is 11.3 Å². The lowest BCUT2D eigenvalue weighted by Crippen LogP contribution is -2.25. The molecule has 1 aliphatic rings. The zero-order valence-corrected chi connectivity index (χ0v) is 18.1. The summed E-state index contributed by atoms with van der Waals surface area (Å²) in [5.41, 5.74) is 3.58. The lowest BCUT2D eigenvalue weighted by atomic mass is 9.97. The first-order valence-corrected chi connectivity index (χ1v) is 10.4. The number of ether oxygens (including phenoxy) is 1. The van der Waals surface area contributed by atoms with Crippen molar-refractivity contribution >= 4 is 16.9 Å². The molecule has 30 heavy (non-hydrogen) atoms. The largest absolute Gasteiger partial charge is 0.494 e. The van der Waals surface area contributed by atoms with Gasteiger partial charge in [0, 0.05) is 7.05 Å². The summed E-state index contributed by atoms with van der Waals surface area (Å²) in [6, 6.07) is 10.8. The minimum absolute atomic E-state index is 0.134. The third-order valence-corrected chi connectivity index (χ3v) is 5.85. The lowest BCUT2D eigenvalue weighted by molar-refractivity contribution is 0.0771. The molecule has 5 nitrogen and oxygen atoms in total. The lowest BCUT2D eigenvalue weighted by Gasteiger charge is -2.21. The Kier molecular flexibility index (Phi) is 5.14. The number of benzene rings is 2. The molecule has 0 bridgehead atoms. The Morgan fingerprint density at radius 1 is 1.10 bits per heavy atom. The molecule has 3 aromatic rings. The van der Waals surface area contributed by atoms with Gasteiger partial charge in [0.15, 0.2) is 5.43 Å². The molecule has 0 spiro atoms. The normalized spacial score (nSPS) is 15.9. The quantitative estimate of drug-likeness (QED) is 0.599. The Morgan fingerprint density at radius 2 is 1.83 bits per heavy atom. The van der Waals surface area contributed by atoms with Crippen molar-refractivity contribution in [2.75, 3.05) is 13.7 Å². The van der Waals surface area contributed by atoms with E-state index in [0.717, 1.165) is 28.9 Å². The van der Waals surface area contributed by atoms with Crippen molar-refractivity contribution in [3.8, 4) is 5.75 Å². The van der Waals surface area contributed by atoms with Crippen LogP contribution in [0.2, 0.25) is 0 Å². The van der Waals surface area contributed by atoms with E-state index in [-0.39, 0.29) is 17.1 Å². The van der Waals surface area contributed by atoms with E-state index in [9.17, 15) is 9.59 Å². The molecule has 5 heteroatoms. The molecule has 0 saturated heterocycles. The van der Waals surface area contributed by atoms with E-state index in [1.54, 1.807) is 11.9 Å². The Labute approximate surface area is 176 Å². The zero-order chi connectivity index (χ0) is 21.6.